The van der Waals surface area contributed by atoms with Crippen molar-refractivity contribution >= 4 is 5.69 Å². The van der Waals surface area contributed by atoms with Gasteiger partial charge in [-0.25, -0.2) is 0 Å². The molecule has 2 rings (SSSR count). The Morgan fingerprint density at radius 3 is 2.68 bits per heavy atom. The molecule has 4 heteroatoms. The Hall–Kier alpha value is -1.42. The van der Waals surface area contributed by atoms with E-state index in [0.717, 1.165) is 25.1 Å². The largest absolute Gasteiger partial charge is 0.293 e. The highest BCUT2D eigenvalue weighted by molar-refractivity contribution is 5.44. The lowest BCUT2D eigenvalue weighted by Crippen LogP contribution is -2.47. The van der Waals surface area contributed by atoms with Crippen LogP contribution in [0.25, 0.3) is 0 Å². The highest BCUT2D eigenvalue weighted by Gasteiger charge is 2.35. The summed E-state index contributed by atoms with van der Waals surface area (Å²) < 4.78 is 0. The molecule has 0 aromatic heterocycles. The van der Waals surface area contributed by atoms with Gasteiger partial charge in [-0.15, -0.1) is 0 Å². The Morgan fingerprint density at radius 1 is 1.42 bits per heavy atom. The van der Waals surface area contributed by atoms with Crippen molar-refractivity contribution in [3.8, 4) is 0 Å². The van der Waals surface area contributed by atoms with Crippen molar-refractivity contribution in [2.75, 3.05) is 13.1 Å². The topological polar surface area (TPSA) is 46.4 Å². The minimum atomic E-state index is -0.316. The standard InChI is InChI=1S/C15H21N2O2/c1-11(2)10-16-8-7-12-9-13(17(18)19)5-6-14(12)15(16,3)4/h5-6,9H,7-8,10H2,1-4H3. The summed E-state index contributed by atoms with van der Waals surface area (Å²) >= 11 is 0. The molecule has 1 heterocycles. The molecule has 19 heavy (non-hydrogen) atoms. The quantitative estimate of drug-likeness (QED) is 0.619. The van der Waals surface area contributed by atoms with E-state index in [1.54, 1.807) is 12.1 Å². The molecule has 1 aromatic rings. The normalized spacial score (nSPS) is 18.4. The van der Waals surface area contributed by atoms with E-state index in [-0.39, 0.29) is 16.1 Å². The maximum absolute atomic E-state index is 10.8. The van der Waals surface area contributed by atoms with E-state index in [0.29, 0.717) is 0 Å². The maximum atomic E-state index is 10.8. The van der Waals surface area contributed by atoms with Crippen molar-refractivity contribution in [3.05, 3.63) is 45.4 Å². The Morgan fingerprint density at radius 2 is 2.11 bits per heavy atom. The number of rotatable bonds is 3. The van der Waals surface area contributed by atoms with Gasteiger partial charge < -0.3 is 0 Å². The van der Waals surface area contributed by atoms with Crippen LogP contribution in [0.15, 0.2) is 18.2 Å². The van der Waals surface area contributed by atoms with E-state index in [9.17, 15) is 10.1 Å². The van der Waals surface area contributed by atoms with E-state index >= 15 is 0 Å². The summed E-state index contributed by atoms with van der Waals surface area (Å²) in [6.45, 7) is 10.6. The highest BCUT2D eigenvalue weighted by atomic mass is 16.6. The second-order valence-corrected chi connectivity index (χ2v) is 6.04. The Kier molecular flexibility index (Phi) is 3.63. The zero-order valence-electron chi connectivity index (χ0n) is 12.1. The van der Waals surface area contributed by atoms with Gasteiger partial charge >= 0.3 is 0 Å². The third-order valence-electron chi connectivity index (χ3n) is 3.91. The third kappa shape index (κ3) is 2.63. The van der Waals surface area contributed by atoms with Crippen molar-refractivity contribution in [3.63, 3.8) is 0 Å². The zero-order valence-corrected chi connectivity index (χ0v) is 12.1. The van der Waals surface area contributed by atoms with E-state index in [1.807, 2.05) is 6.07 Å². The maximum Gasteiger partial charge on any atom is 0.269 e. The molecular formula is C15H21N2O2. The van der Waals surface area contributed by atoms with Gasteiger partial charge in [-0.3, -0.25) is 15.0 Å². The van der Waals surface area contributed by atoms with Gasteiger partial charge in [0, 0.05) is 30.8 Å². The molecule has 0 atom stereocenters. The van der Waals surface area contributed by atoms with Crippen LogP contribution in [0.1, 0.15) is 38.8 Å². The zero-order chi connectivity index (χ0) is 14.2. The van der Waals surface area contributed by atoms with Gasteiger partial charge in [0.25, 0.3) is 5.69 Å². The molecule has 0 N–H and O–H groups in total. The van der Waals surface area contributed by atoms with Crippen LogP contribution in [0.2, 0.25) is 0 Å². The second-order valence-electron chi connectivity index (χ2n) is 6.04. The first kappa shape index (κ1) is 14.0. The van der Waals surface area contributed by atoms with Gasteiger partial charge in [0.1, 0.15) is 0 Å². The molecule has 1 radical (unpaired) electrons. The number of nitrogens with zero attached hydrogens (tertiary/aromatic N) is 2. The average molecular weight is 261 g/mol. The number of fused-ring (bicyclic) bond motifs is 1. The van der Waals surface area contributed by atoms with Crippen LogP contribution in [0.4, 0.5) is 5.69 Å². The number of nitro benzene ring substituents is 1. The SMILES string of the molecule is C[C](C)CN1CCc2cc([N+](=O)[O-])ccc2C1(C)C. The summed E-state index contributed by atoms with van der Waals surface area (Å²) in [5.74, 6) is 1.39. The minimum Gasteiger partial charge on any atom is -0.293 e. The number of non-ortho nitro benzene ring substituents is 1. The lowest BCUT2D eigenvalue weighted by atomic mass is 9.82. The third-order valence-corrected chi connectivity index (χ3v) is 3.91. The van der Waals surface area contributed by atoms with Crippen molar-refractivity contribution < 1.29 is 4.92 Å². The minimum absolute atomic E-state index is 0.0695. The first-order valence-electron chi connectivity index (χ1n) is 6.64. The molecule has 1 aromatic carbocycles. The van der Waals surface area contributed by atoms with Gasteiger partial charge in [-0.05, 0) is 37.3 Å². The molecule has 0 saturated carbocycles. The van der Waals surface area contributed by atoms with Crippen molar-refractivity contribution in [1.29, 1.82) is 0 Å². The van der Waals surface area contributed by atoms with Gasteiger partial charge in [-0.1, -0.05) is 19.9 Å². The van der Waals surface area contributed by atoms with Crippen molar-refractivity contribution in [2.45, 2.75) is 39.7 Å². The number of nitro groups is 1. The van der Waals surface area contributed by atoms with E-state index < -0.39 is 0 Å². The predicted molar refractivity (Wildman–Crippen MR) is 76.0 cm³/mol. The van der Waals surface area contributed by atoms with Crippen LogP contribution in [0.3, 0.4) is 0 Å². The lowest BCUT2D eigenvalue weighted by Gasteiger charge is -2.44. The van der Waals surface area contributed by atoms with Crippen LogP contribution in [-0.2, 0) is 12.0 Å². The fourth-order valence-corrected chi connectivity index (χ4v) is 2.86. The van der Waals surface area contributed by atoms with E-state index in [4.69, 9.17) is 0 Å². The molecular weight excluding hydrogens is 240 g/mol. The summed E-state index contributed by atoms with van der Waals surface area (Å²) in [4.78, 5) is 13.0. The average Bonchev–Trinajstić information content (AvgIpc) is 2.32. The van der Waals surface area contributed by atoms with Crippen LogP contribution in [0.5, 0.6) is 0 Å². The molecule has 0 saturated heterocycles. The molecule has 103 valence electrons. The first-order valence-corrected chi connectivity index (χ1v) is 6.64. The number of hydrogen-bond acceptors (Lipinski definition) is 3. The van der Waals surface area contributed by atoms with Crippen LogP contribution >= 0.6 is 0 Å². The van der Waals surface area contributed by atoms with Crippen molar-refractivity contribution in [1.82, 2.24) is 4.90 Å². The molecule has 0 unspecified atom stereocenters. The summed E-state index contributed by atoms with van der Waals surface area (Å²) in [6, 6.07) is 5.27. The van der Waals surface area contributed by atoms with Crippen LogP contribution in [-0.4, -0.2) is 22.9 Å². The highest BCUT2D eigenvalue weighted by Crippen LogP contribution is 2.37. The number of benzene rings is 1. The van der Waals surface area contributed by atoms with E-state index in [2.05, 4.69) is 32.6 Å². The Bertz CT molecular complexity index is 495. The molecule has 0 bridgehead atoms. The molecule has 0 aliphatic carbocycles. The Labute approximate surface area is 114 Å². The fourth-order valence-electron chi connectivity index (χ4n) is 2.86. The van der Waals surface area contributed by atoms with Gasteiger partial charge in [-0.2, -0.15) is 0 Å². The molecule has 0 spiro atoms. The first-order chi connectivity index (χ1) is 8.82. The van der Waals surface area contributed by atoms with Crippen molar-refractivity contribution in [2.24, 2.45) is 0 Å². The molecule has 0 fully saturated rings. The fraction of sp³-hybridized carbons (Fsp3) is 0.533. The van der Waals surface area contributed by atoms with Gasteiger partial charge in [0.15, 0.2) is 0 Å². The summed E-state index contributed by atoms with van der Waals surface area (Å²) in [6.07, 6.45) is 0.883. The molecule has 4 nitrogen and oxygen atoms in total. The van der Waals surface area contributed by atoms with Gasteiger partial charge in [0.05, 0.1) is 4.92 Å². The predicted octanol–water partition coefficient (Wildman–Crippen LogP) is 3.30. The monoisotopic (exact) mass is 261 g/mol. The summed E-state index contributed by atoms with van der Waals surface area (Å²) in [5.41, 5.74) is 2.45. The molecule has 1 aliphatic heterocycles. The van der Waals surface area contributed by atoms with Gasteiger partial charge in [0.2, 0.25) is 0 Å². The number of hydrogen-bond donors (Lipinski definition) is 0. The summed E-state index contributed by atoms with van der Waals surface area (Å²) in [7, 11) is 0. The van der Waals surface area contributed by atoms with Crippen LogP contribution in [0, 0.1) is 16.0 Å². The lowest BCUT2D eigenvalue weighted by molar-refractivity contribution is -0.385. The van der Waals surface area contributed by atoms with E-state index in [1.165, 1.54) is 11.5 Å². The Balaban J connectivity index is 2.37. The molecule has 1 aliphatic rings. The summed E-state index contributed by atoms with van der Waals surface area (Å²) in [5, 5.41) is 10.8. The molecule has 0 amide bonds. The van der Waals surface area contributed by atoms with Crippen LogP contribution < -0.4 is 0 Å². The second kappa shape index (κ2) is 4.93. The smallest absolute Gasteiger partial charge is 0.269 e.